The molecule has 0 aromatic rings. The van der Waals surface area contributed by atoms with Gasteiger partial charge in [0.1, 0.15) is 122 Å². The highest BCUT2D eigenvalue weighted by Gasteiger charge is 2.56. The molecule has 360 valence electrons. The Morgan fingerprint density at radius 2 is 0.823 bits per heavy atom. The molecule has 28 heteroatoms. The van der Waals surface area contributed by atoms with E-state index in [4.69, 9.17) is 42.6 Å². The molecule has 5 aliphatic heterocycles. The number of rotatable bonds is 15. The number of carbonyl (C=O) groups excluding carboxylic acids is 2. The minimum atomic E-state index is -2.15. The van der Waals surface area contributed by atoms with Crippen molar-refractivity contribution in [3.63, 3.8) is 0 Å². The summed E-state index contributed by atoms with van der Waals surface area (Å²) in [5, 5.41) is 163. The van der Waals surface area contributed by atoms with Gasteiger partial charge in [0.05, 0.1) is 33.0 Å². The van der Waals surface area contributed by atoms with Crippen LogP contribution in [0.2, 0.25) is 0 Å². The number of ether oxygens (including phenoxy) is 9. The van der Waals surface area contributed by atoms with Crippen LogP contribution in [-0.4, -0.2) is 275 Å². The molecule has 25 atom stereocenters. The predicted molar refractivity (Wildman–Crippen MR) is 190 cm³/mol. The van der Waals surface area contributed by atoms with Crippen LogP contribution in [0.1, 0.15) is 13.8 Å². The van der Waals surface area contributed by atoms with Crippen molar-refractivity contribution in [3.05, 3.63) is 0 Å². The predicted octanol–water partition coefficient (Wildman–Crippen LogP) is -11.6. The Morgan fingerprint density at radius 1 is 0.419 bits per heavy atom. The van der Waals surface area contributed by atoms with E-state index < -0.39 is 198 Å². The number of hydrogen-bond acceptors (Lipinski definition) is 26. The number of aliphatic hydroxyl groups is 15. The number of nitrogens with one attached hydrogen (secondary N) is 2. The van der Waals surface area contributed by atoms with E-state index in [-0.39, 0.29) is 0 Å². The number of carbonyl (C=O) groups is 2. The summed E-state index contributed by atoms with van der Waals surface area (Å²) in [4.78, 5) is 24.1. The maximum absolute atomic E-state index is 12.4. The van der Waals surface area contributed by atoms with Gasteiger partial charge in [0.25, 0.3) is 0 Å². The van der Waals surface area contributed by atoms with Crippen LogP contribution in [0.25, 0.3) is 0 Å². The van der Waals surface area contributed by atoms with Crippen LogP contribution in [0, 0.1) is 0 Å². The fourth-order valence-corrected chi connectivity index (χ4v) is 7.73. The van der Waals surface area contributed by atoms with Crippen LogP contribution in [-0.2, 0) is 52.2 Å². The third-order valence-corrected chi connectivity index (χ3v) is 11.1. The molecular weight excluding hydrogens is 852 g/mol. The van der Waals surface area contributed by atoms with Gasteiger partial charge in [-0.3, -0.25) is 9.59 Å². The van der Waals surface area contributed by atoms with Crippen LogP contribution in [0.15, 0.2) is 0 Å². The van der Waals surface area contributed by atoms with Crippen molar-refractivity contribution in [1.29, 1.82) is 0 Å². The maximum atomic E-state index is 12.4. The van der Waals surface area contributed by atoms with E-state index in [1.807, 2.05) is 0 Å². The molecule has 0 unspecified atom stereocenters. The molecule has 0 radical (unpaired) electrons. The van der Waals surface area contributed by atoms with Crippen molar-refractivity contribution >= 4 is 11.8 Å². The van der Waals surface area contributed by atoms with E-state index in [0.717, 1.165) is 13.8 Å². The molecule has 17 N–H and O–H groups in total. The van der Waals surface area contributed by atoms with Crippen molar-refractivity contribution in [1.82, 2.24) is 10.6 Å². The van der Waals surface area contributed by atoms with Gasteiger partial charge >= 0.3 is 0 Å². The van der Waals surface area contributed by atoms with Crippen LogP contribution in [0.4, 0.5) is 0 Å². The standard InChI is InChI=1S/C34H58N2O26/c1-8(41)35-15-20(46)27(12(5-39)55-30(15)53)60-31-16(36-9(2)42)21(47)28(13(6-40)58-31)61-34-26(52)29(19(45)11(4-38)57-34)62-33-25(51)23(49)18(44)14(59-33)7-54-32-24(50)22(48)17(43)10(3-37)56-32/h10-34,37-40,43-53H,3-7H2,1-2H3,(H,35,41)(H,36,42)/t10-,11-,12-,13-,14-,15-,16-,17-,18-,19-,20-,21-,22+,23+,24+,25+,26+,27-,28-,29+,30-,31+,32-,33+,34+/m1/s1. The van der Waals surface area contributed by atoms with E-state index in [2.05, 4.69) is 10.6 Å². The Morgan fingerprint density at radius 3 is 1.39 bits per heavy atom. The van der Waals surface area contributed by atoms with Crippen molar-refractivity contribution in [2.75, 3.05) is 33.0 Å². The zero-order valence-corrected chi connectivity index (χ0v) is 33.2. The van der Waals surface area contributed by atoms with Gasteiger partial charge in [0, 0.05) is 13.8 Å². The summed E-state index contributed by atoms with van der Waals surface area (Å²) in [5.74, 6) is -1.46. The Kier molecular flexibility index (Phi) is 18.1. The summed E-state index contributed by atoms with van der Waals surface area (Å²) in [7, 11) is 0. The second-order valence-corrected chi connectivity index (χ2v) is 15.5. The van der Waals surface area contributed by atoms with E-state index in [1.165, 1.54) is 0 Å². The summed E-state index contributed by atoms with van der Waals surface area (Å²) in [6.07, 6.45) is -41.7. The molecule has 5 fully saturated rings. The van der Waals surface area contributed by atoms with Gasteiger partial charge in [0.2, 0.25) is 11.8 Å². The molecule has 0 aromatic carbocycles. The Hall–Kier alpha value is -2.02. The highest BCUT2D eigenvalue weighted by Crippen LogP contribution is 2.35. The molecule has 5 aliphatic rings. The molecule has 28 nitrogen and oxygen atoms in total. The molecule has 0 aliphatic carbocycles. The van der Waals surface area contributed by atoms with E-state index in [9.17, 15) is 86.2 Å². The average molecular weight is 911 g/mol. The molecule has 0 bridgehead atoms. The van der Waals surface area contributed by atoms with E-state index in [1.54, 1.807) is 0 Å². The molecule has 5 heterocycles. The lowest BCUT2D eigenvalue weighted by Gasteiger charge is -2.50. The molecule has 62 heavy (non-hydrogen) atoms. The summed E-state index contributed by atoms with van der Waals surface area (Å²) in [6.45, 7) is -2.21. The van der Waals surface area contributed by atoms with Crippen LogP contribution < -0.4 is 10.6 Å². The van der Waals surface area contributed by atoms with Gasteiger partial charge in [-0.05, 0) is 0 Å². The van der Waals surface area contributed by atoms with Crippen LogP contribution >= 0.6 is 0 Å². The summed E-state index contributed by atoms with van der Waals surface area (Å²) in [5.41, 5.74) is 0. The first-order valence-corrected chi connectivity index (χ1v) is 19.6. The van der Waals surface area contributed by atoms with Crippen molar-refractivity contribution in [2.45, 2.75) is 167 Å². The molecule has 2 amide bonds. The van der Waals surface area contributed by atoms with Crippen molar-refractivity contribution in [2.24, 2.45) is 0 Å². The zero-order chi connectivity index (χ0) is 45.9. The highest BCUT2D eigenvalue weighted by molar-refractivity contribution is 5.73. The highest BCUT2D eigenvalue weighted by atomic mass is 16.8. The maximum Gasteiger partial charge on any atom is 0.217 e. The molecule has 5 saturated heterocycles. The molecule has 0 spiro atoms. The Balaban J connectivity index is 1.32. The first-order valence-electron chi connectivity index (χ1n) is 19.6. The van der Waals surface area contributed by atoms with Crippen molar-refractivity contribution < 1.29 is 129 Å². The minimum Gasteiger partial charge on any atom is -0.394 e. The average Bonchev–Trinajstić information content (AvgIpc) is 3.23. The van der Waals surface area contributed by atoms with Gasteiger partial charge in [-0.25, -0.2) is 0 Å². The summed E-state index contributed by atoms with van der Waals surface area (Å²) in [6, 6.07) is -3.14. The van der Waals surface area contributed by atoms with Gasteiger partial charge in [-0.1, -0.05) is 0 Å². The number of hydrogen-bond donors (Lipinski definition) is 17. The first kappa shape index (κ1) is 51.0. The fraction of sp³-hybridized carbons (Fsp3) is 0.941. The van der Waals surface area contributed by atoms with E-state index >= 15 is 0 Å². The Bertz CT molecular complexity index is 1440. The Labute approximate surface area is 351 Å². The topological polar surface area (TPSA) is 445 Å². The minimum absolute atomic E-state index is 0.683. The number of amides is 2. The molecule has 5 rings (SSSR count). The fourth-order valence-electron chi connectivity index (χ4n) is 7.73. The zero-order valence-electron chi connectivity index (χ0n) is 33.2. The lowest BCUT2D eigenvalue weighted by Crippen LogP contribution is -2.70. The third-order valence-electron chi connectivity index (χ3n) is 11.1. The van der Waals surface area contributed by atoms with Crippen molar-refractivity contribution in [3.8, 4) is 0 Å². The monoisotopic (exact) mass is 910 g/mol. The smallest absolute Gasteiger partial charge is 0.217 e. The molecule has 0 aromatic heterocycles. The summed E-state index contributed by atoms with van der Waals surface area (Å²) >= 11 is 0. The van der Waals surface area contributed by atoms with Crippen LogP contribution in [0.5, 0.6) is 0 Å². The SMILES string of the molecule is CC(=O)N[C@@H]1[C@@H](O)[C@H](O[C@@H]2O[C@H](CO)[C@@H](O[C@@H]3O[C@H](CO)[C@@H](O)[C@H](O[C@@H]4O[C@H](CO[C@@H]5O[C@H](CO)[C@@H](O)[C@H](O)[C@@H]5O)[C@@H](O)[C@H](O)[C@@H]4O)[C@@H]3O)[C@H](O)[C@H]2NC(C)=O)[C@@H](CO)O[C@H]1O. The largest absolute Gasteiger partial charge is 0.394 e. The van der Waals surface area contributed by atoms with Crippen LogP contribution in [0.3, 0.4) is 0 Å². The van der Waals surface area contributed by atoms with Gasteiger partial charge < -0.3 is 130 Å². The number of aliphatic hydroxyl groups excluding tert-OH is 15. The summed E-state index contributed by atoms with van der Waals surface area (Å²) < 4.78 is 50.4. The second kappa shape index (κ2) is 22.0. The molecular formula is C34H58N2O26. The third kappa shape index (κ3) is 11.0. The first-order chi connectivity index (χ1) is 29.3. The van der Waals surface area contributed by atoms with Gasteiger partial charge in [-0.15, -0.1) is 0 Å². The van der Waals surface area contributed by atoms with Gasteiger partial charge in [-0.2, -0.15) is 0 Å². The normalized spacial score (nSPS) is 49.0. The van der Waals surface area contributed by atoms with Gasteiger partial charge in [0.15, 0.2) is 31.5 Å². The molecule has 0 saturated carbocycles. The lowest BCUT2D eigenvalue weighted by molar-refractivity contribution is -0.382. The van der Waals surface area contributed by atoms with E-state index in [0.29, 0.717) is 0 Å². The second-order valence-electron chi connectivity index (χ2n) is 15.5. The lowest BCUT2D eigenvalue weighted by atomic mass is 9.94. The quantitative estimate of drug-likeness (QED) is 0.0725.